The van der Waals surface area contributed by atoms with Crippen LogP contribution in [0.1, 0.15) is 5.82 Å². The van der Waals surface area contributed by atoms with E-state index in [-0.39, 0.29) is 0 Å². The van der Waals surface area contributed by atoms with Gasteiger partial charge < -0.3 is 14.8 Å². The minimum absolute atomic E-state index is 0.943. The van der Waals surface area contributed by atoms with Gasteiger partial charge in [0.15, 0.2) is 0 Å². The minimum atomic E-state index is 0.943. The fourth-order valence-electron chi connectivity index (χ4n) is 2.77. The quantitative estimate of drug-likeness (QED) is 0.739. The van der Waals surface area contributed by atoms with Gasteiger partial charge in [-0.1, -0.05) is 24.3 Å². The van der Waals surface area contributed by atoms with Gasteiger partial charge in [-0.05, 0) is 24.3 Å². The van der Waals surface area contributed by atoms with Crippen LogP contribution in [0, 0.1) is 0 Å². The Morgan fingerprint density at radius 3 is 2.57 bits per heavy atom. The molecule has 0 aliphatic carbocycles. The summed E-state index contributed by atoms with van der Waals surface area (Å²) in [5, 5.41) is 3.44. The van der Waals surface area contributed by atoms with Gasteiger partial charge in [-0.15, -0.1) is 0 Å². The van der Waals surface area contributed by atoms with Gasteiger partial charge in [-0.3, -0.25) is 0 Å². The molecule has 4 heteroatoms. The highest BCUT2D eigenvalue weighted by Gasteiger charge is 2.20. The summed E-state index contributed by atoms with van der Waals surface area (Å²) in [5.74, 6) is 1.98. The first-order chi connectivity index (χ1) is 10.2. The summed E-state index contributed by atoms with van der Waals surface area (Å²) in [6.07, 6.45) is 2.08. The molecule has 4 nitrogen and oxygen atoms in total. The minimum Gasteiger partial charge on any atom is -0.340 e. The normalized spacial score (nSPS) is 15.5. The molecule has 3 aromatic rings. The van der Waals surface area contributed by atoms with E-state index in [1.165, 1.54) is 5.69 Å². The number of fused-ring (bicyclic) bond motifs is 2. The van der Waals surface area contributed by atoms with E-state index in [4.69, 9.17) is 4.98 Å². The van der Waals surface area contributed by atoms with Crippen LogP contribution in [0.5, 0.6) is 0 Å². The van der Waals surface area contributed by atoms with Crippen LogP contribution in [-0.2, 0) is 7.05 Å². The summed E-state index contributed by atoms with van der Waals surface area (Å²) >= 11 is 0. The number of anilines is 2. The Hall–Kier alpha value is -2.75. The molecule has 0 unspecified atom stereocenters. The predicted octanol–water partition coefficient (Wildman–Crippen LogP) is 3.43. The molecule has 0 spiro atoms. The van der Waals surface area contributed by atoms with Crippen LogP contribution in [-0.4, -0.2) is 16.6 Å². The number of hydrogen-bond acceptors (Lipinski definition) is 3. The zero-order valence-electron chi connectivity index (χ0n) is 12.0. The number of imidazole rings is 1. The summed E-state index contributed by atoms with van der Waals surface area (Å²) in [4.78, 5) is 6.84. The lowest BCUT2D eigenvalue weighted by Gasteiger charge is -2.12. The van der Waals surface area contributed by atoms with Crippen molar-refractivity contribution in [1.29, 1.82) is 0 Å². The number of benzene rings is 2. The van der Waals surface area contributed by atoms with Gasteiger partial charge in [0.25, 0.3) is 0 Å². The second kappa shape index (κ2) is 4.38. The molecule has 1 aromatic heterocycles. The van der Waals surface area contributed by atoms with Crippen LogP contribution in [0.3, 0.4) is 0 Å². The molecule has 2 aromatic carbocycles. The number of nitrogens with zero attached hydrogens (tertiary/aromatic N) is 3. The Kier molecular flexibility index (Phi) is 2.51. The largest absolute Gasteiger partial charge is 0.340 e. The first-order valence-corrected chi connectivity index (χ1v) is 6.97. The van der Waals surface area contributed by atoms with Crippen molar-refractivity contribution in [3.8, 4) is 0 Å². The molecule has 0 saturated carbocycles. The molecule has 0 saturated heterocycles. The molecule has 0 bridgehead atoms. The smallest absolute Gasteiger partial charge is 0.137 e. The third-order valence-electron chi connectivity index (χ3n) is 3.98. The molecule has 0 amide bonds. The van der Waals surface area contributed by atoms with Crippen LogP contribution in [0.2, 0.25) is 0 Å². The molecule has 0 radical (unpaired) electrons. The SMILES string of the molecule is CN1C(=Cc2nc3ccccc3n2C)Nc2ccccc21. The zero-order valence-corrected chi connectivity index (χ0v) is 12.0. The molecular formula is C17H16N4. The molecule has 2 heterocycles. The van der Waals surface area contributed by atoms with Gasteiger partial charge in [0.2, 0.25) is 0 Å². The first kappa shape index (κ1) is 12.0. The maximum Gasteiger partial charge on any atom is 0.137 e. The fraction of sp³-hybridized carbons (Fsp3) is 0.118. The van der Waals surface area contributed by atoms with Crippen LogP contribution >= 0.6 is 0 Å². The van der Waals surface area contributed by atoms with Crippen LogP contribution in [0.15, 0.2) is 54.4 Å². The second-order valence-corrected chi connectivity index (χ2v) is 5.25. The maximum absolute atomic E-state index is 4.69. The van der Waals surface area contributed by atoms with Crippen LogP contribution in [0.4, 0.5) is 11.4 Å². The molecule has 104 valence electrons. The Morgan fingerprint density at radius 1 is 1.00 bits per heavy atom. The third kappa shape index (κ3) is 1.80. The standard InChI is InChI=1S/C17H16N4/c1-20-14-9-5-3-7-12(14)18-16(20)11-17-19-13-8-4-6-10-15(13)21(17)2/h3-11,18H,1-2H3. The van der Waals surface area contributed by atoms with Crippen LogP contribution in [0.25, 0.3) is 17.1 Å². The second-order valence-electron chi connectivity index (χ2n) is 5.25. The average Bonchev–Trinajstić information content (AvgIpc) is 2.99. The Bertz CT molecular complexity index is 860. The lowest BCUT2D eigenvalue weighted by Crippen LogP contribution is -2.14. The molecule has 1 aliphatic heterocycles. The lowest BCUT2D eigenvalue weighted by atomic mass is 10.3. The molecule has 4 rings (SSSR count). The average molecular weight is 276 g/mol. The fourth-order valence-corrected chi connectivity index (χ4v) is 2.77. The van der Waals surface area contributed by atoms with Crippen molar-refractivity contribution in [2.24, 2.45) is 7.05 Å². The highest BCUT2D eigenvalue weighted by molar-refractivity contribution is 5.84. The number of aryl methyl sites for hydroxylation is 1. The van der Waals surface area contributed by atoms with Gasteiger partial charge in [0.1, 0.15) is 11.6 Å². The number of para-hydroxylation sites is 4. The van der Waals surface area contributed by atoms with E-state index in [9.17, 15) is 0 Å². The molecule has 21 heavy (non-hydrogen) atoms. The summed E-state index contributed by atoms with van der Waals surface area (Å²) in [6.45, 7) is 0. The topological polar surface area (TPSA) is 33.1 Å². The summed E-state index contributed by atoms with van der Waals surface area (Å²) < 4.78 is 2.11. The van der Waals surface area contributed by atoms with Gasteiger partial charge in [-0.25, -0.2) is 4.98 Å². The number of nitrogens with one attached hydrogen (secondary N) is 1. The van der Waals surface area contributed by atoms with E-state index >= 15 is 0 Å². The predicted molar refractivity (Wildman–Crippen MR) is 87.2 cm³/mol. The van der Waals surface area contributed by atoms with Crippen molar-refractivity contribution in [3.05, 3.63) is 60.2 Å². The van der Waals surface area contributed by atoms with Crippen molar-refractivity contribution in [1.82, 2.24) is 9.55 Å². The zero-order chi connectivity index (χ0) is 14.4. The van der Waals surface area contributed by atoms with E-state index in [0.717, 1.165) is 28.4 Å². The summed E-state index contributed by atoms with van der Waals surface area (Å²) in [7, 11) is 4.11. The Balaban J connectivity index is 1.80. The van der Waals surface area contributed by atoms with Crippen molar-refractivity contribution in [2.75, 3.05) is 17.3 Å². The van der Waals surface area contributed by atoms with Crippen molar-refractivity contribution in [2.45, 2.75) is 0 Å². The molecule has 1 N–H and O–H groups in total. The van der Waals surface area contributed by atoms with Crippen molar-refractivity contribution in [3.63, 3.8) is 0 Å². The summed E-state index contributed by atoms with van der Waals surface area (Å²) in [6, 6.07) is 16.5. The Labute approximate surface area is 123 Å². The highest BCUT2D eigenvalue weighted by atomic mass is 15.3. The van der Waals surface area contributed by atoms with Crippen molar-refractivity contribution >= 4 is 28.5 Å². The van der Waals surface area contributed by atoms with Gasteiger partial charge in [0.05, 0.1) is 22.4 Å². The maximum atomic E-state index is 4.69. The Morgan fingerprint density at radius 2 is 1.76 bits per heavy atom. The third-order valence-corrected chi connectivity index (χ3v) is 3.98. The van der Waals surface area contributed by atoms with E-state index in [2.05, 4.69) is 52.2 Å². The van der Waals surface area contributed by atoms with E-state index in [0.29, 0.717) is 0 Å². The van der Waals surface area contributed by atoms with Gasteiger partial charge in [-0.2, -0.15) is 0 Å². The number of aromatic nitrogens is 2. The van der Waals surface area contributed by atoms with Gasteiger partial charge in [0, 0.05) is 20.2 Å². The first-order valence-electron chi connectivity index (χ1n) is 6.97. The lowest BCUT2D eigenvalue weighted by molar-refractivity contribution is 0.927. The molecule has 1 aliphatic rings. The molecule has 0 atom stereocenters. The van der Waals surface area contributed by atoms with Crippen molar-refractivity contribution < 1.29 is 0 Å². The highest BCUT2D eigenvalue weighted by Crippen LogP contribution is 2.35. The molecule has 0 fully saturated rings. The van der Waals surface area contributed by atoms with E-state index < -0.39 is 0 Å². The van der Waals surface area contributed by atoms with E-state index in [1.54, 1.807) is 0 Å². The molecular weight excluding hydrogens is 260 g/mol. The van der Waals surface area contributed by atoms with Crippen LogP contribution < -0.4 is 10.2 Å². The van der Waals surface area contributed by atoms with E-state index in [1.807, 2.05) is 31.3 Å². The number of rotatable bonds is 1. The number of hydrogen-bond donors (Lipinski definition) is 1. The monoisotopic (exact) mass is 276 g/mol. The summed E-state index contributed by atoms with van der Waals surface area (Å²) in [5.41, 5.74) is 4.47. The van der Waals surface area contributed by atoms with Gasteiger partial charge >= 0.3 is 0 Å².